The van der Waals surface area contributed by atoms with Gasteiger partial charge in [-0.25, -0.2) is 9.59 Å². The van der Waals surface area contributed by atoms with E-state index in [9.17, 15) is 34.6 Å². The highest BCUT2D eigenvalue weighted by atomic mass is 16.5. The Kier molecular flexibility index (Phi) is 5.93. The third-order valence-corrected chi connectivity index (χ3v) is 5.80. The number of methoxy groups -OCH3 is 1. The number of phenols is 1. The largest absolute Gasteiger partial charge is 0.507 e. The second kappa shape index (κ2) is 8.13. The lowest BCUT2D eigenvalue weighted by atomic mass is 9.74. The summed E-state index contributed by atoms with van der Waals surface area (Å²) in [6.45, 7) is 1.18. The van der Waals surface area contributed by atoms with Crippen LogP contribution in [-0.2, 0) is 11.2 Å². The number of imide groups is 1. The van der Waals surface area contributed by atoms with Gasteiger partial charge in [0.2, 0.25) is 0 Å². The summed E-state index contributed by atoms with van der Waals surface area (Å²) in [4.78, 5) is 40.0. The molecule has 11 nitrogen and oxygen atoms in total. The number of carbonyl (C=O) groups excluding carboxylic acids is 2. The SMILES string of the molecule is COc1ccc(C[C@@H](B(O)O)N2C(=O)NC3(CCN(C)CC3)C2=O)c(O)c1C(=O)O. The summed E-state index contributed by atoms with van der Waals surface area (Å²) in [5.74, 6) is -4.13. The number of piperidine rings is 1. The van der Waals surface area contributed by atoms with Crippen molar-refractivity contribution in [2.24, 2.45) is 0 Å². The number of hydrogen-bond donors (Lipinski definition) is 5. The summed E-state index contributed by atoms with van der Waals surface area (Å²) >= 11 is 0. The van der Waals surface area contributed by atoms with E-state index < -0.39 is 47.8 Å². The van der Waals surface area contributed by atoms with Gasteiger partial charge in [0.25, 0.3) is 5.91 Å². The van der Waals surface area contributed by atoms with Crippen LogP contribution in [0.1, 0.15) is 28.8 Å². The highest BCUT2D eigenvalue weighted by Gasteiger charge is 2.55. The van der Waals surface area contributed by atoms with Crippen LogP contribution in [0.4, 0.5) is 4.79 Å². The van der Waals surface area contributed by atoms with Crippen molar-refractivity contribution in [3.8, 4) is 11.5 Å². The topological polar surface area (TPSA) is 160 Å². The van der Waals surface area contributed by atoms with Crippen molar-refractivity contribution in [1.29, 1.82) is 0 Å². The summed E-state index contributed by atoms with van der Waals surface area (Å²) in [7, 11) is 1.05. The number of urea groups is 1. The lowest BCUT2D eigenvalue weighted by molar-refractivity contribution is -0.133. The van der Waals surface area contributed by atoms with Crippen molar-refractivity contribution in [3.05, 3.63) is 23.3 Å². The maximum atomic E-state index is 13.1. The summed E-state index contributed by atoms with van der Waals surface area (Å²) in [5, 5.41) is 42.3. The van der Waals surface area contributed by atoms with Crippen LogP contribution in [0.25, 0.3) is 0 Å². The van der Waals surface area contributed by atoms with Crippen molar-refractivity contribution in [1.82, 2.24) is 15.1 Å². The van der Waals surface area contributed by atoms with Gasteiger partial charge in [-0.05, 0) is 37.9 Å². The van der Waals surface area contributed by atoms with Gasteiger partial charge in [-0.2, -0.15) is 0 Å². The molecule has 12 heteroatoms. The third-order valence-electron chi connectivity index (χ3n) is 5.80. The summed E-state index contributed by atoms with van der Waals surface area (Å²) in [6.07, 6.45) is 0.411. The highest BCUT2D eigenvalue weighted by Crippen LogP contribution is 2.35. The predicted octanol–water partition coefficient (Wildman–Crippen LogP) is -0.962. The first-order valence-corrected chi connectivity index (χ1v) is 9.44. The van der Waals surface area contributed by atoms with Gasteiger partial charge in [-0.1, -0.05) is 6.07 Å². The number of hydrogen-bond acceptors (Lipinski definition) is 8. The molecule has 0 bridgehead atoms. The molecule has 30 heavy (non-hydrogen) atoms. The molecule has 0 saturated carbocycles. The molecular weight excluding hydrogens is 397 g/mol. The van der Waals surface area contributed by atoms with Crippen LogP contribution in [0.3, 0.4) is 0 Å². The number of aromatic hydroxyl groups is 1. The van der Waals surface area contributed by atoms with Gasteiger partial charge in [0.15, 0.2) is 0 Å². The fourth-order valence-corrected chi connectivity index (χ4v) is 3.99. The first kappa shape index (κ1) is 21.9. The molecule has 2 aliphatic heterocycles. The molecule has 1 spiro atoms. The van der Waals surface area contributed by atoms with Gasteiger partial charge in [0, 0.05) is 13.1 Å². The van der Waals surface area contributed by atoms with Crippen LogP contribution in [0.5, 0.6) is 11.5 Å². The monoisotopic (exact) mass is 421 g/mol. The fourth-order valence-electron chi connectivity index (χ4n) is 3.99. The number of likely N-dealkylation sites (tertiary alicyclic amines) is 1. The summed E-state index contributed by atoms with van der Waals surface area (Å²) < 4.78 is 4.94. The molecule has 0 aromatic heterocycles. The van der Waals surface area contributed by atoms with Crippen molar-refractivity contribution >= 4 is 25.0 Å². The summed E-state index contributed by atoms with van der Waals surface area (Å²) in [6, 6.07) is 1.90. The zero-order chi connectivity index (χ0) is 22.2. The van der Waals surface area contributed by atoms with E-state index in [-0.39, 0.29) is 17.7 Å². The number of rotatable bonds is 6. The van der Waals surface area contributed by atoms with Gasteiger partial charge >= 0.3 is 19.1 Å². The number of carboxylic acid groups (broad SMARTS) is 1. The Morgan fingerprint density at radius 2 is 1.93 bits per heavy atom. The van der Waals surface area contributed by atoms with Gasteiger partial charge in [0.05, 0.1) is 13.1 Å². The Hall–Kier alpha value is -2.83. The molecule has 0 radical (unpaired) electrons. The summed E-state index contributed by atoms with van der Waals surface area (Å²) in [5.41, 5.74) is -1.58. The van der Waals surface area contributed by atoms with E-state index in [4.69, 9.17) is 4.74 Å². The number of carboxylic acids is 1. The van der Waals surface area contributed by atoms with E-state index in [1.165, 1.54) is 19.2 Å². The lowest BCUT2D eigenvalue weighted by Gasteiger charge is -2.36. The Morgan fingerprint density at radius 1 is 1.30 bits per heavy atom. The van der Waals surface area contributed by atoms with Crippen molar-refractivity contribution < 1.29 is 39.4 Å². The molecule has 1 atom stereocenters. The van der Waals surface area contributed by atoms with Gasteiger partial charge < -0.3 is 35.2 Å². The van der Waals surface area contributed by atoms with E-state index >= 15 is 0 Å². The number of nitrogens with zero attached hydrogens (tertiary/aromatic N) is 2. The van der Waals surface area contributed by atoms with Crippen LogP contribution in [0.15, 0.2) is 12.1 Å². The smallest absolute Gasteiger partial charge is 0.476 e. The fraction of sp³-hybridized carbons (Fsp3) is 0.500. The molecule has 3 rings (SSSR count). The average Bonchev–Trinajstić information content (AvgIpc) is 2.92. The lowest BCUT2D eigenvalue weighted by Crippen LogP contribution is -2.56. The molecule has 0 aliphatic carbocycles. The number of ether oxygens (including phenoxy) is 1. The molecule has 1 aromatic carbocycles. The van der Waals surface area contributed by atoms with Crippen LogP contribution in [0, 0.1) is 0 Å². The van der Waals surface area contributed by atoms with Gasteiger partial charge in [-0.15, -0.1) is 0 Å². The molecule has 3 amide bonds. The van der Waals surface area contributed by atoms with E-state index in [1.54, 1.807) is 0 Å². The standard InChI is InChI=1S/C18H24BN3O8/c1-21-7-5-18(6-8-21)16(26)22(17(27)20-18)12(19(28)29)9-10-3-4-11(30-2)13(14(10)23)15(24)25/h3-4,12,23,28-29H,5-9H2,1-2H3,(H,20,27)(H,24,25)/t12-/m0/s1. The molecule has 162 valence electrons. The number of carbonyl (C=O) groups is 3. The second-order valence-corrected chi connectivity index (χ2v) is 7.63. The zero-order valence-corrected chi connectivity index (χ0v) is 16.7. The normalized spacial score (nSPS) is 19.7. The molecule has 1 aromatic rings. The Bertz CT molecular complexity index is 869. The average molecular weight is 421 g/mol. The second-order valence-electron chi connectivity index (χ2n) is 7.63. The maximum Gasteiger partial charge on any atom is 0.476 e. The van der Waals surface area contributed by atoms with E-state index in [1.807, 2.05) is 11.9 Å². The minimum Gasteiger partial charge on any atom is -0.507 e. The zero-order valence-electron chi connectivity index (χ0n) is 16.7. The number of nitrogens with one attached hydrogen (secondary N) is 1. The van der Waals surface area contributed by atoms with Crippen molar-refractivity contribution in [2.45, 2.75) is 30.7 Å². The predicted molar refractivity (Wildman–Crippen MR) is 104 cm³/mol. The van der Waals surface area contributed by atoms with Gasteiger partial charge in [0.1, 0.15) is 22.6 Å². The molecule has 2 aliphatic rings. The van der Waals surface area contributed by atoms with Gasteiger partial charge in [-0.3, -0.25) is 9.69 Å². The van der Waals surface area contributed by atoms with Crippen molar-refractivity contribution in [2.75, 3.05) is 27.2 Å². The number of amides is 3. The minimum atomic E-state index is -2.10. The number of aromatic carboxylic acids is 1. The molecule has 2 heterocycles. The van der Waals surface area contributed by atoms with E-state index in [0.29, 0.717) is 25.9 Å². The Labute approximate surface area is 173 Å². The van der Waals surface area contributed by atoms with Crippen LogP contribution in [0.2, 0.25) is 0 Å². The van der Waals surface area contributed by atoms with Crippen LogP contribution in [-0.4, -0.2) is 93.8 Å². The molecule has 5 N–H and O–H groups in total. The maximum absolute atomic E-state index is 13.1. The first-order chi connectivity index (χ1) is 14.1. The highest BCUT2D eigenvalue weighted by molar-refractivity contribution is 6.44. The Balaban J connectivity index is 1.92. The molecule has 0 unspecified atom stereocenters. The Morgan fingerprint density at radius 3 is 2.47 bits per heavy atom. The van der Waals surface area contributed by atoms with E-state index in [2.05, 4.69) is 5.32 Å². The third kappa shape index (κ3) is 3.69. The molecule has 2 saturated heterocycles. The first-order valence-electron chi connectivity index (χ1n) is 9.44. The quantitative estimate of drug-likeness (QED) is 0.288. The van der Waals surface area contributed by atoms with Crippen LogP contribution < -0.4 is 10.1 Å². The minimum absolute atomic E-state index is 0.0243. The number of benzene rings is 1. The molecule has 2 fully saturated rings. The van der Waals surface area contributed by atoms with Crippen LogP contribution >= 0.6 is 0 Å². The van der Waals surface area contributed by atoms with Crippen molar-refractivity contribution in [3.63, 3.8) is 0 Å². The van der Waals surface area contributed by atoms with E-state index in [0.717, 1.165) is 4.90 Å². The molecular formula is C18H24BN3O8.